The van der Waals surface area contributed by atoms with E-state index in [-0.39, 0.29) is 18.6 Å². The van der Waals surface area contributed by atoms with Gasteiger partial charge in [0.05, 0.1) is 0 Å². The summed E-state index contributed by atoms with van der Waals surface area (Å²) in [6.45, 7) is 1.83. The van der Waals surface area contributed by atoms with Crippen LogP contribution < -0.4 is 10.5 Å². The van der Waals surface area contributed by atoms with Gasteiger partial charge in [0.15, 0.2) is 18.4 Å². The number of halogens is 1. The van der Waals surface area contributed by atoms with Crippen LogP contribution in [0.25, 0.3) is 0 Å². The molecule has 78 valence electrons. The highest BCUT2D eigenvalue weighted by Gasteiger charge is 2.06. The van der Waals surface area contributed by atoms with Gasteiger partial charge in [-0.25, -0.2) is 4.39 Å². The van der Waals surface area contributed by atoms with Gasteiger partial charge < -0.3 is 15.2 Å². The van der Waals surface area contributed by atoms with Gasteiger partial charge in [-0.1, -0.05) is 6.07 Å². The van der Waals surface area contributed by atoms with Crippen molar-refractivity contribution in [2.24, 2.45) is 5.73 Å². The van der Waals surface area contributed by atoms with Crippen LogP contribution in [0, 0.1) is 5.82 Å². The van der Waals surface area contributed by atoms with Crippen LogP contribution >= 0.6 is 0 Å². The fraction of sp³-hybridized carbons (Fsp3) is 0.400. The molecule has 0 heterocycles. The van der Waals surface area contributed by atoms with Crippen molar-refractivity contribution in [3.05, 3.63) is 29.6 Å². The number of benzene rings is 1. The van der Waals surface area contributed by atoms with E-state index in [1.54, 1.807) is 19.1 Å². The van der Waals surface area contributed by atoms with Gasteiger partial charge in [0.1, 0.15) is 0 Å². The largest absolute Gasteiger partial charge is 0.464 e. The van der Waals surface area contributed by atoms with Gasteiger partial charge in [-0.15, -0.1) is 0 Å². The Morgan fingerprint density at radius 2 is 2.21 bits per heavy atom. The molecule has 0 aliphatic carbocycles. The van der Waals surface area contributed by atoms with E-state index in [0.29, 0.717) is 0 Å². The molecule has 0 aromatic heterocycles. The van der Waals surface area contributed by atoms with E-state index in [1.165, 1.54) is 13.2 Å². The SMILES string of the molecule is COCOc1ccc([C@H](C)N)cc1F. The molecule has 0 bridgehead atoms. The number of nitrogens with two attached hydrogens (primary N) is 1. The molecule has 0 aliphatic heterocycles. The Hall–Kier alpha value is -1.13. The number of hydrogen-bond acceptors (Lipinski definition) is 3. The molecule has 14 heavy (non-hydrogen) atoms. The third-order valence-electron chi connectivity index (χ3n) is 1.81. The minimum atomic E-state index is -0.420. The smallest absolute Gasteiger partial charge is 0.188 e. The summed E-state index contributed by atoms with van der Waals surface area (Å²) in [5.41, 5.74) is 6.34. The lowest BCUT2D eigenvalue weighted by Crippen LogP contribution is -2.06. The summed E-state index contributed by atoms with van der Waals surface area (Å²) >= 11 is 0. The Morgan fingerprint density at radius 1 is 1.50 bits per heavy atom. The maximum absolute atomic E-state index is 13.3. The first-order chi connectivity index (χ1) is 6.65. The van der Waals surface area contributed by atoms with E-state index in [9.17, 15) is 4.39 Å². The Kier molecular flexibility index (Phi) is 3.85. The van der Waals surface area contributed by atoms with Crippen molar-refractivity contribution in [1.29, 1.82) is 0 Å². The monoisotopic (exact) mass is 199 g/mol. The van der Waals surface area contributed by atoms with Crippen molar-refractivity contribution in [2.75, 3.05) is 13.9 Å². The Bertz CT molecular complexity index is 302. The molecule has 0 aliphatic rings. The summed E-state index contributed by atoms with van der Waals surface area (Å²) in [6, 6.07) is 4.47. The first-order valence-corrected chi connectivity index (χ1v) is 4.32. The maximum atomic E-state index is 13.3. The highest BCUT2D eigenvalue weighted by Crippen LogP contribution is 2.20. The van der Waals surface area contributed by atoms with Gasteiger partial charge in [-0.05, 0) is 24.6 Å². The number of rotatable bonds is 4. The highest BCUT2D eigenvalue weighted by molar-refractivity contribution is 5.30. The van der Waals surface area contributed by atoms with Crippen LogP contribution in [0.3, 0.4) is 0 Å². The van der Waals surface area contributed by atoms with E-state index in [0.717, 1.165) is 5.56 Å². The van der Waals surface area contributed by atoms with Crippen molar-refractivity contribution in [3.63, 3.8) is 0 Å². The normalized spacial score (nSPS) is 12.6. The van der Waals surface area contributed by atoms with E-state index in [2.05, 4.69) is 4.74 Å². The summed E-state index contributed by atoms with van der Waals surface area (Å²) in [5, 5.41) is 0. The van der Waals surface area contributed by atoms with Crippen LogP contribution in [0.5, 0.6) is 5.75 Å². The van der Waals surface area contributed by atoms with Gasteiger partial charge in [0.25, 0.3) is 0 Å². The highest BCUT2D eigenvalue weighted by atomic mass is 19.1. The third kappa shape index (κ3) is 2.68. The molecular formula is C10H14FNO2. The lowest BCUT2D eigenvalue weighted by atomic mass is 10.1. The van der Waals surface area contributed by atoms with Gasteiger partial charge in [0.2, 0.25) is 0 Å². The maximum Gasteiger partial charge on any atom is 0.188 e. The van der Waals surface area contributed by atoms with Crippen molar-refractivity contribution in [3.8, 4) is 5.75 Å². The zero-order chi connectivity index (χ0) is 10.6. The second kappa shape index (κ2) is 4.93. The van der Waals surface area contributed by atoms with Crippen LogP contribution in [0.4, 0.5) is 4.39 Å². The van der Waals surface area contributed by atoms with Crippen molar-refractivity contribution in [2.45, 2.75) is 13.0 Å². The molecule has 1 atom stereocenters. The summed E-state index contributed by atoms with van der Waals surface area (Å²) in [5.74, 6) is -0.242. The molecule has 4 heteroatoms. The molecule has 0 saturated carbocycles. The van der Waals surface area contributed by atoms with E-state index < -0.39 is 5.82 Å². The summed E-state index contributed by atoms with van der Waals surface area (Å²) in [6.07, 6.45) is 0. The van der Waals surface area contributed by atoms with Gasteiger partial charge in [-0.3, -0.25) is 0 Å². The number of methoxy groups -OCH3 is 1. The van der Waals surface area contributed by atoms with Crippen molar-refractivity contribution in [1.82, 2.24) is 0 Å². The molecule has 3 nitrogen and oxygen atoms in total. The molecule has 0 fully saturated rings. The zero-order valence-corrected chi connectivity index (χ0v) is 8.29. The molecule has 0 unspecified atom stereocenters. The van der Waals surface area contributed by atoms with Crippen molar-refractivity contribution >= 4 is 0 Å². The lowest BCUT2D eigenvalue weighted by molar-refractivity contribution is 0.0482. The first kappa shape index (κ1) is 10.9. The molecule has 0 saturated heterocycles. The second-order valence-corrected chi connectivity index (χ2v) is 3.03. The Labute approximate surface area is 82.6 Å². The zero-order valence-electron chi connectivity index (χ0n) is 8.29. The standard InChI is InChI=1S/C10H14FNO2/c1-7(12)8-3-4-10(9(11)5-8)14-6-13-2/h3-5,7H,6,12H2,1-2H3/t7-/m0/s1. The first-order valence-electron chi connectivity index (χ1n) is 4.32. The molecule has 1 aromatic carbocycles. The van der Waals surface area contributed by atoms with E-state index in [1.807, 2.05) is 0 Å². The fourth-order valence-corrected chi connectivity index (χ4v) is 1.04. The van der Waals surface area contributed by atoms with Crippen molar-refractivity contribution < 1.29 is 13.9 Å². The number of hydrogen-bond donors (Lipinski definition) is 1. The third-order valence-corrected chi connectivity index (χ3v) is 1.81. The van der Waals surface area contributed by atoms with Crippen LogP contribution in [-0.2, 0) is 4.74 Å². The minimum Gasteiger partial charge on any atom is -0.464 e. The molecule has 0 spiro atoms. The quantitative estimate of drug-likeness (QED) is 0.752. The lowest BCUT2D eigenvalue weighted by Gasteiger charge is -2.09. The molecular weight excluding hydrogens is 185 g/mol. The average Bonchev–Trinajstić information content (AvgIpc) is 2.15. The molecule has 1 rings (SSSR count). The Morgan fingerprint density at radius 3 is 2.71 bits per heavy atom. The predicted octanol–water partition coefficient (Wildman–Crippen LogP) is 1.83. The van der Waals surface area contributed by atoms with Crippen LogP contribution in [0.2, 0.25) is 0 Å². The second-order valence-electron chi connectivity index (χ2n) is 3.03. The Balaban J connectivity index is 2.79. The van der Waals surface area contributed by atoms with E-state index in [4.69, 9.17) is 10.5 Å². The molecule has 1 aromatic rings. The molecule has 0 amide bonds. The van der Waals surface area contributed by atoms with Gasteiger partial charge >= 0.3 is 0 Å². The van der Waals surface area contributed by atoms with E-state index >= 15 is 0 Å². The summed E-state index contributed by atoms with van der Waals surface area (Å²) in [7, 11) is 1.48. The predicted molar refractivity (Wildman–Crippen MR) is 51.5 cm³/mol. The van der Waals surface area contributed by atoms with Gasteiger partial charge in [0, 0.05) is 13.2 Å². The minimum absolute atomic E-state index is 0.0362. The summed E-state index contributed by atoms with van der Waals surface area (Å²) < 4.78 is 22.9. The molecule has 0 radical (unpaired) electrons. The van der Waals surface area contributed by atoms with Crippen LogP contribution in [0.1, 0.15) is 18.5 Å². The summed E-state index contributed by atoms with van der Waals surface area (Å²) in [4.78, 5) is 0. The number of ether oxygens (including phenoxy) is 2. The fourth-order valence-electron chi connectivity index (χ4n) is 1.04. The van der Waals surface area contributed by atoms with Crippen LogP contribution in [-0.4, -0.2) is 13.9 Å². The topological polar surface area (TPSA) is 44.5 Å². The average molecular weight is 199 g/mol. The van der Waals surface area contributed by atoms with Crippen LogP contribution in [0.15, 0.2) is 18.2 Å². The molecule has 2 N–H and O–H groups in total. The van der Waals surface area contributed by atoms with Gasteiger partial charge in [-0.2, -0.15) is 0 Å².